The number of hydrogen-bond acceptors (Lipinski definition) is 3. The van der Waals surface area contributed by atoms with Crippen LogP contribution < -0.4 is 5.32 Å². The SMILES string of the molecule is O=C(C[C@H]1CCS(=O)(=O)C1)NC[C@H](c1ccccc1Cl)c1c[nH]c2ccccc12. The minimum absolute atomic E-state index is 0.0909. The lowest BCUT2D eigenvalue weighted by molar-refractivity contribution is -0.121. The van der Waals surface area contributed by atoms with Crippen molar-refractivity contribution in [3.63, 3.8) is 0 Å². The van der Waals surface area contributed by atoms with Gasteiger partial charge in [0.25, 0.3) is 0 Å². The number of aromatic nitrogens is 1. The van der Waals surface area contributed by atoms with E-state index < -0.39 is 9.84 Å². The fourth-order valence-corrected chi connectivity index (χ4v) is 6.24. The Labute approximate surface area is 175 Å². The van der Waals surface area contributed by atoms with Crippen molar-refractivity contribution in [2.45, 2.75) is 18.8 Å². The van der Waals surface area contributed by atoms with Gasteiger partial charge in [-0.1, -0.05) is 48.0 Å². The number of nitrogens with one attached hydrogen (secondary N) is 2. The number of rotatable bonds is 6. The van der Waals surface area contributed by atoms with Crippen molar-refractivity contribution < 1.29 is 13.2 Å². The lowest BCUT2D eigenvalue weighted by atomic mass is 9.90. The van der Waals surface area contributed by atoms with Crippen LogP contribution in [0.5, 0.6) is 0 Å². The second-order valence-electron chi connectivity index (χ2n) is 7.64. The minimum Gasteiger partial charge on any atom is -0.361 e. The van der Waals surface area contributed by atoms with Gasteiger partial charge in [-0.3, -0.25) is 4.79 Å². The first-order valence-electron chi connectivity index (χ1n) is 9.70. The van der Waals surface area contributed by atoms with E-state index in [9.17, 15) is 13.2 Å². The number of carbonyl (C=O) groups excluding carboxylic acids is 1. The van der Waals surface area contributed by atoms with Crippen LogP contribution in [0.2, 0.25) is 5.02 Å². The maximum Gasteiger partial charge on any atom is 0.220 e. The van der Waals surface area contributed by atoms with Crippen molar-refractivity contribution in [3.8, 4) is 0 Å². The predicted molar refractivity (Wildman–Crippen MR) is 116 cm³/mol. The molecular weight excluding hydrogens is 408 g/mol. The van der Waals surface area contributed by atoms with Gasteiger partial charge in [-0.2, -0.15) is 0 Å². The van der Waals surface area contributed by atoms with E-state index in [2.05, 4.69) is 16.4 Å². The van der Waals surface area contributed by atoms with Crippen LogP contribution in [0.3, 0.4) is 0 Å². The van der Waals surface area contributed by atoms with Crippen molar-refractivity contribution in [3.05, 3.63) is 70.9 Å². The molecule has 2 heterocycles. The third kappa shape index (κ3) is 4.49. The second-order valence-corrected chi connectivity index (χ2v) is 10.3. The first-order chi connectivity index (χ1) is 13.9. The van der Waals surface area contributed by atoms with E-state index in [-0.39, 0.29) is 35.7 Å². The number of H-pyrrole nitrogens is 1. The normalized spacial score (nSPS) is 19.3. The number of benzene rings is 2. The summed E-state index contributed by atoms with van der Waals surface area (Å²) in [5.74, 6) is -0.0359. The summed E-state index contributed by atoms with van der Waals surface area (Å²) in [6.45, 7) is 0.393. The molecule has 2 N–H and O–H groups in total. The van der Waals surface area contributed by atoms with Gasteiger partial charge in [-0.25, -0.2) is 8.42 Å². The molecule has 0 spiro atoms. The molecule has 1 aliphatic rings. The van der Waals surface area contributed by atoms with Crippen molar-refractivity contribution in [2.75, 3.05) is 18.1 Å². The smallest absolute Gasteiger partial charge is 0.220 e. The first kappa shape index (κ1) is 20.0. The number of hydrogen-bond donors (Lipinski definition) is 2. The summed E-state index contributed by atoms with van der Waals surface area (Å²) in [6.07, 6.45) is 2.77. The molecule has 4 rings (SSSR count). The number of fused-ring (bicyclic) bond motifs is 1. The summed E-state index contributed by atoms with van der Waals surface area (Å²) in [5, 5.41) is 4.75. The summed E-state index contributed by atoms with van der Waals surface area (Å²) < 4.78 is 23.3. The maximum atomic E-state index is 12.5. The van der Waals surface area contributed by atoms with Gasteiger partial charge in [0.15, 0.2) is 9.84 Å². The highest BCUT2D eigenvalue weighted by molar-refractivity contribution is 7.91. The molecular formula is C22H23ClN2O3S. The van der Waals surface area contributed by atoms with Crippen molar-refractivity contribution >= 4 is 38.2 Å². The Hall–Kier alpha value is -2.31. The van der Waals surface area contributed by atoms with E-state index in [0.29, 0.717) is 18.0 Å². The number of sulfone groups is 1. The Morgan fingerprint density at radius 2 is 1.90 bits per heavy atom. The molecule has 2 atom stereocenters. The average Bonchev–Trinajstić information content (AvgIpc) is 3.26. The Balaban J connectivity index is 1.55. The minimum atomic E-state index is -2.98. The van der Waals surface area contributed by atoms with E-state index in [1.807, 2.05) is 48.7 Å². The van der Waals surface area contributed by atoms with Gasteiger partial charge in [0.1, 0.15) is 0 Å². The third-order valence-electron chi connectivity index (χ3n) is 5.58. The molecule has 5 nitrogen and oxygen atoms in total. The Morgan fingerprint density at radius 3 is 2.66 bits per heavy atom. The molecule has 0 saturated carbocycles. The van der Waals surface area contributed by atoms with Gasteiger partial charge < -0.3 is 10.3 Å². The van der Waals surface area contributed by atoms with E-state index in [1.54, 1.807) is 0 Å². The lowest BCUT2D eigenvalue weighted by Crippen LogP contribution is -2.30. The highest BCUT2D eigenvalue weighted by atomic mass is 35.5. The zero-order valence-corrected chi connectivity index (χ0v) is 17.5. The number of halogens is 1. The molecule has 1 amide bonds. The molecule has 2 aromatic carbocycles. The number of para-hydroxylation sites is 1. The highest BCUT2D eigenvalue weighted by Crippen LogP contribution is 2.34. The van der Waals surface area contributed by atoms with Crippen LogP contribution in [0.25, 0.3) is 10.9 Å². The molecule has 1 aromatic heterocycles. The van der Waals surface area contributed by atoms with Crippen molar-refractivity contribution in [2.24, 2.45) is 5.92 Å². The summed E-state index contributed by atoms with van der Waals surface area (Å²) in [5.41, 5.74) is 3.04. The number of carbonyl (C=O) groups is 1. The average molecular weight is 431 g/mol. The topological polar surface area (TPSA) is 79.0 Å². The molecule has 1 fully saturated rings. The fourth-order valence-electron chi connectivity index (χ4n) is 4.11. The van der Waals surface area contributed by atoms with Crippen molar-refractivity contribution in [1.82, 2.24) is 10.3 Å². The van der Waals surface area contributed by atoms with E-state index >= 15 is 0 Å². The second kappa shape index (κ2) is 8.20. The molecule has 1 saturated heterocycles. The molecule has 7 heteroatoms. The van der Waals surface area contributed by atoms with Crippen LogP contribution in [0.15, 0.2) is 54.7 Å². The Kier molecular flexibility index (Phi) is 5.65. The molecule has 0 bridgehead atoms. The van der Waals surface area contributed by atoms with E-state index in [1.165, 1.54) is 0 Å². The summed E-state index contributed by atoms with van der Waals surface area (Å²) in [6, 6.07) is 15.7. The first-order valence-corrected chi connectivity index (χ1v) is 11.9. The zero-order valence-electron chi connectivity index (χ0n) is 15.9. The molecule has 1 aliphatic heterocycles. The fraction of sp³-hybridized carbons (Fsp3) is 0.318. The van der Waals surface area contributed by atoms with Crippen LogP contribution in [-0.4, -0.2) is 37.4 Å². The Morgan fingerprint density at radius 1 is 1.14 bits per heavy atom. The summed E-state index contributed by atoms with van der Waals surface area (Å²) in [4.78, 5) is 15.8. The van der Waals surface area contributed by atoms with Crippen LogP contribution in [0.4, 0.5) is 0 Å². The molecule has 0 unspecified atom stereocenters. The van der Waals surface area contributed by atoms with Gasteiger partial charge in [-0.15, -0.1) is 0 Å². The predicted octanol–water partition coefficient (Wildman–Crippen LogP) is 3.89. The van der Waals surface area contributed by atoms with E-state index in [4.69, 9.17) is 11.6 Å². The van der Waals surface area contributed by atoms with E-state index in [0.717, 1.165) is 22.0 Å². The largest absolute Gasteiger partial charge is 0.361 e. The monoisotopic (exact) mass is 430 g/mol. The summed E-state index contributed by atoms with van der Waals surface area (Å²) in [7, 11) is -2.98. The molecule has 3 aromatic rings. The highest BCUT2D eigenvalue weighted by Gasteiger charge is 2.29. The van der Waals surface area contributed by atoms with Gasteiger partial charge in [0.05, 0.1) is 11.5 Å². The molecule has 0 aliphatic carbocycles. The number of aromatic amines is 1. The molecule has 29 heavy (non-hydrogen) atoms. The molecule has 0 radical (unpaired) electrons. The van der Waals surface area contributed by atoms with Crippen LogP contribution in [0.1, 0.15) is 29.9 Å². The van der Waals surface area contributed by atoms with Gasteiger partial charge in [-0.05, 0) is 35.6 Å². The quantitative estimate of drug-likeness (QED) is 0.622. The standard InChI is InChI=1S/C22H23ClN2O3S/c23-20-7-3-1-5-16(20)18(19-12-24-21-8-4-2-6-17(19)21)13-25-22(26)11-15-9-10-29(27,28)14-15/h1-8,12,15,18,24H,9-11,13-14H2,(H,25,26)/t15-,18-/m1/s1. The van der Waals surface area contributed by atoms with Crippen LogP contribution in [-0.2, 0) is 14.6 Å². The maximum absolute atomic E-state index is 12.5. The number of amides is 1. The lowest BCUT2D eigenvalue weighted by Gasteiger charge is -2.20. The summed E-state index contributed by atoms with van der Waals surface area (Å²) >= 11 is 6.48. The van der Waals surface area contributed by atoms with Gasteiger partial charge in [0.2, 0.25) is 5.91 Å². The van der Waals surface area contributed by atoms with Crippen LogP contribution >= 0.6 is 11.6 Å². The van der Waals surface area contributed by atoms with Crippen molar-refractivity contribution in [1.29, 1.82) is 0 Å². The van der Waals surface area contributed by atoms with Gasteiger partial charge in [0, 0.05) is 41.0 Å². The Bertz CT molecular complexity index is 1140. The van der Waals surface area contributed by atoms with Crippen LogP contribution in [0, 0.1) is 5.92 Å². The zero-order chi connectivity index (χ0) is 20.4. The third-order valence-corrected chi connectivity index (χ3v) is 7.76. The molecule has 152 valence electrons. The van der Waals surface area contributed by atoms with Gasteiger partial charge >= 0.3 is 0 Å².